The molecule has 3 rings (SSSR count). The Morgan fingerprint density at radius 3 is 2.85 bits per heavy atom. The van der Waals surface area contributed by atoms with E-state index in [1.165, 1.54) is 16.5 Å². The number of hydrogen-bond acceptors (Lipinski definition) is 3. The highest BCUT2D eigenvalue weighted by atomic mass is 15.2. The van der Waals surface area contributed by atoms with Crippen molar-refractivity contribution in [2.45, 2.75) is 12.5 Å². The van der Waals surface area contributed by atoms with E-state index in [1.54, 1.807) is 0 Å². The summed E-state index contributed by atoms with van der Waals surface area (Å²) in [4.78, 5) is 4.41. The molecule has 0 saturated heterocycles. The molecule has 4 nitrogen and oxygen atoms in total. The number of benzene rings is 1. The maximum atomic E-state index is 4.41. The van der Waals surface area contributed by atoms with Crippen molar-refractivity contribution in [3.8, 4) is 0 Å². The average molecular weight is 266 g/mol. The number of fused-ring (bicyclic) bond motifs is 1. The average Bonchev–Trinajstić information content (AvgIpc) is 2.91. The van der Waals surface area contributed by atoms with E-state index in [4.69, 9.17) is 0 Å². The van der Waals surface area contributed by atoms with Gasteiger partial charge >= 0.3 is 0 Å². The third kappa shape index (κ3) is 2.42. The molecule has 1 unspecified atom stereocenters. The minimum absolute atomic E-state index is 0.259. The van der Waals surface area contributed by atoms with Gasteiger partial charge in [0.05, 0.1) is 11.7 Å². The van der Waals surface area contributed by atoms with Gasteiger partial charge in [-0.05, 0) is 31.2 Å². The Balaban J connectivity index is 1.95. The largest absolute Gasteiger partial charge is 0.313 e. The molecule has 20 heavy (non-hydrogen) atoms. The Bertz CT molecular complexity index is 712. The predicted octanol–water partition coefficient (Wildman–Crippen LogP) is 2.47. The van der Waals surface area contributed by atoms with Crippen LogP contribution in [0.5, 0.6) is 0 Å². The zero-order valence-corrected chi connectivity index (χ0v) is 11.7. The molecule has 0 bridgehead atoms. The second kappa shape index (κ2) is 5.43. The maximum absolute atomic E-state index is 4.41. The van der Waals surface area contributed by atoms with Crippen molar-refractivity contribution in [2.75, 3.05) is 7.05 Å². The number of aromatic nitrogens is 3. The Morgan fingerprint density at radius 2 is 2.10 bits per heavy atom. The van der Waals surface area contributed by atoms with E-state index >= 15 is 0 Å². The molecule has 0 fully saturated rings. The lowest BCUT2D eigenvalue weighted by Crippen LogP contribution is -2.18. The molecule has 1 aromatic carbocycles. The van der Waals surface area contributed by atoms with Gasteiger partial charge in [-0.2, -0.15) is 5.10 Å². The Kier molecular flexibility index (Phi) is 3.48. The molecule has 1 atom stereocenters. The van der Waals surface area contributed by atoms with Crippen LogP contribution in [0, 0.1) is 0 Å². The highest BCUT2D eigenvalue weighted by Gasteiger charge is 2.13. The van der Waals surface area contributed by atoms with Gasteiger partial charge in [0, 0.05) is 36.4 Å². The number of rotatable bonds is 4. The number of pyridine rings is 1. The van der Waals surface area contributed by atoms with Crippen LogP contribution in [0.15, 0.2) is 48.9 Å². The summed E-state index contributed by atoms with van der Waals surface area (Å²) < 4.78 is 1.84. The first-order valence-corrected chi connectivity index (χ1v) is 6.76. The topological polar surface area (TPSA) is 42.7 Å². The minimum Gasteiger partial charge on any atom is -0.313 e. The molecule has 0 radical (unpaired) electrons. The molecule has 1 N–H and O–H groups in total. The summed E-state index contributed by atoms with van der Waals surface area (Å²) in [6.07, 6.45) is 6.79. The van der Waals surface area contributed by atoms with Crippen LogP contribution in [0.2, 0.25) is 0 Å². The third-order valence-corrected chi connectivity index (χ3v) is 3.64. The molecule has 0 aliphatic heterocycles. The summed E-state index contributed by atoms with van der Waals surface area (Å²) in [5.41, 5.74) is 3.56. The number of para-hydroxylation sites is 1. The summed E-state index contributed by atoms with van der Waals surface area (Å²) in [6, 6.07) is 10.6. The molecule has 3 aromatic rings. The lowest BCUT2D eigenvalue weighted by molar-refractivity contribution is 0.593. The second-order valence-electron chi connectivity index (χ2n) is 4.98. The van der Waals surface area contributed by atoms with Crippen molar-refractivity contribution in [3.05, 3.63) is 60.0 Å². The fourth-order valence-corrected chi connectivity index (χ4v) is 2.56. The van der Waals surface area contributed by atoms with E-state index < -0.39 is 0 Å². The summed E-state index contributed by atoms with van der Waals surface area (Å²) in [5, 5.41) is 8.85. The van der Waals surface area contributed by atoms with E-state index in [0.29, 0.717) is 0 Å². The molecule has 0 amide bonds. The molecule has 0 aliphatic rings. The summed E-state index contributed by atoms with van der Waals surface area (Å²) in [6.45, 7) is 0. The summed E-state index contributed by atoms with van der Waals surface area (Å²) in [5.74, 6) is 0. The Hall–Kier alpha value is -2.20. The van der Waals surface area contributed by atoms with Gasteiger partial charge in [-0.1, -0.05) is 18.2 Å². The van der Waals surface area contributed by atoms with Crippen LogP contribution in [0.1, 0.15) is 17.2 Å². The van der Waals surface area contributed by atoms with Gasteiger partial charge in [-0.15, -0.1) is 0 Å². The van der Waals surface area contributed by atoms with Gasteiger partial charge in [0.1, 0.15) is 0 Å². The fourth-order valence-electron chi connectivity index (χ4n) is 2.56. The van der Waals surface area contributed by atoms with Crippen LogP contribution in [0.4, 0.5) is 0 Å². The van der Waals surface area contributed by atoms with Gasteiger partial charge in [0.2, 0.25) is 0 Å². The lowest BCUT2D eigenvalue weighted by Gasteiger charge is -2.15. The monoisotopic (exact) mass is 266 g/mol. The van der Waals surface area contributed by atoms with Crippen molar-refractivity contribution >= 4 is 10.9 Å². The summed E-state index contributed by atoms with van der Waals surface area (Å²) >= 11 is 0. The smallest absolute Gasteiger partial charge is 0.0704 e. The standard InChI is InChI=1S/C16H18N4/c1-17-16(13-10-19-20(2)11-13)9-12-7-8-18-15-6-4-3-5-14(12)15/h3-8,10-11,16-17H,9H2,1-2H3. The Morgan fingerprint density at radius 1 is 1.25 bits per heavy atom. The molecule has 0 saturated carbocycles. The highest BCUT2D eigenvalue weighted by molar-refractivity contribution is 5.81. The van der Waals surface area contributed by atoms with Gasteiger partial charge < -0.3 is 5.32 Å². The van der Waals surface area contributed by atoms with E-state index in [1.807, 2.05) is 37.2 Å². The molecule has 0 aliphatic carbocycles. The zero-order valence-electron chi connectivity index (χ0n) is 11.7. The Labute approximate surface area is 118 Å². The highest BCUT2D eigenvalue weighted by Crippen LogP contribution is 2.23. The van der Waals surface area contributed by atoms with Crippen LogP contribution >= 0.6 is 0 Å². The first-order valence-electron chi connectivity index (χ1n) is 6.76. The van der Waals surface area contributed by atoms with Crippen LogP contribution < -0.4 is 5.32 Å². The molecule has 2 aromatic heterocycles. The molecular weight excluding hydrogens is 248 g/mol. The van der Waals surface area contributed by atoms with Gasteiger partial charge in [-0.25, -0.2) is 0 Å². The first kappa shape index (κ1) is 12.8. The van der Waals surface area contributed by atoms with Crippen molar-refractivity contribution in [1.29, 1.82) is 0 Å². The third-order valence-electron chi connectivity index (χ3n) is 3.64. The molecular formula is C16H18N4. The predicted molar refractivity (Wildman–Crippen MR) is 80.5 cm³/mol. The molecule has 0 spiro atoms. The van der Waals surface area contributed by atoms with Crippen molar-refractivity contribution in [2.24, 2.45) is 7.05 Å². The minimum atomic E-state index is 0.259. The number of nitrogens with zero attached hydrogens (tertiary/aromatic N) is 3. The SMILES string of the molecule is CNC(Cc1ccnc2ccccc12)c1cnn(C)c1. The van der Waals surface area contributed by atoms with Crippen molar-refractivity contribution in [3.63, 3.8) is 0 Å². The van der Waals surface area contributed by atoms with Crippen LogP contribution in [0.3, 0.4) is 0 Å². The van der Waals surface area contributed by atoms with Gasteiger partial charge in [0.25, 0.3) is 0 Å². The first-order chi connectivity index (χ1) is 9.78. The maximum Gasteiger partial charge on any atom is 0.0704 e. The van der Waals surface area contributed by atoms with E-state index in [-0.39, 0.29) is 6.04 Å². The van der Waals surface area contributed by atoms with Crippen LogP contribution in [-0.2, 0) is 13.5 Å². The van der Waals surface area contributed by atoms with E-state index in [0.717, 1.165) is 11.9 Å². The van der Waals surface area contributed by atoms with Crippen molar-refractivity contribution in [1.82, 2.24) is 20.1 Å². The zero-order chi connectivity index (χ0) is 13.9. The number of hydrogen-bond donors (Lipinski definition) is 1. The van der Waals surface area contributed by atoms with E-state index in [2.05, 4.69) is 45.9 Å². The molecule has 2 heterocycles. The number of aryl methyl sites for hydroxylation is 1. The van der Waals surface area contributed by atoms with Crippen LogP contribution in [0.25, 0.3) is 10.9 Å². The fraction of sp³-hybridized carbons (Fsp3) is 0.250. The van der Waals surface area contributed by atoms with Crippen molar-refractivity contribution < 1.29 is 0 Å². The quantitative estimate of drug-likeness (QED) is 0.789. The second-order valence-corrected chi connectivity index (χ2v) is 4.98. The van der Waals surface area contributed by atoms with Gasteiger partial charge in [-0.3, -0.25) is 9.67 Å². The summed E-state index contributed by atoms with van der Waals surface area (Å²) in [7, 11) is 3.93. The normalized spacial score (nSPS) is 12.7. The lowest BCUT2D eigenvalue weighted by atomic mass is 9.99. The van der Waals surface area contributed by atoms with Crippen LogP contribution in [-0.4, -0.2) is 21.8 Å². The molecule has 102 valence electrons. The molecule has 4 heteroatoms. The number of nitrogens with one attached hydrogen (secondary N) is 1. The van der Waals surface area contributed by atoms with Gasteiger partial charge in [0.15, 0.2) is 0 Å². The van der Waals surface area contributed by atoms with E-state index in [9.17, 15) is 0 Å². The number of likely N-dealkylation sites (N-methyl/N-ethyl adjacent to an activating group) is 1.